The van der Waals surface area contributed by atoms with Gasteiger partial charge in [-0.15, -0.1) is 0 Å². The van der Waals surface area contributed by atoms with Crippen LogP contribution in [0.5, 0.6) is 6.01 Å². The van der Waals surface area contributed by atoms with E-state index >= 15 is 0 Å². The quantitative estimate of drug-likeness (QED) is 0.401. The fraction of sp³-hybridized carbons (Fsp3) is 0.583. The predicted octanol–water partition coefficient (Wildman–Crippen LogP) is 3.67. The highest BCUT2D eigenvalue weighted by Gasteiger charge is 2.58. The maximum atomic E-state index is 14.6. The van der Waals surface area contributed by atoms with E-state index in [0.29, 0.717) is 61.9 Å². The molecule has 1 aromatic carbocycles. The number of nitrogen functional groups attached to an aromatic ring is 1. The molecular formula is C36H42FN9O3. The number of halogens is 1. The Morgan fingerprint density at radius 2 is 2.08 bits per heavy atom. The van der Waals surface area contributed by atoms with Crippen molar-refractivity contribution >= 4 is 17.4 Å². The number of aromatic nitrogens is 4. The summed E-state index contributed by atoms with van der Waals surface area (Å²) in [5, 5.41) is 14.9. The summed E-state index contributed by atoms with van der Waals surface area (Å²) in [4.78, 5) is 28.9. The zero-order chi connectivity index (χ0) is 33.7. The topological polar surface area (TPSA) is 139 Å². The molecule has 3 fully saturated rings. The van der Waals surface area contributed by atoms with Crippen LogP contribution in [0.4, 0.5) is 15.9 Å². The van der Waals surface area contributed by atoms with Gasteiger partial charge >= 0.3 is 6.01 Å². The lowest BCUT2D eigenvalue weighted by molar-refractivity contribution is -0.151. The smallest absolute Gasteiger partial charge is 0.318 e. The zero-order valence-electron chi connectivity index (χ0n) is 28.1. The van der Waals surface area contributed by atoms with Crippen molar-refractivity contribution in [3.63, 3.8) is 0 Å². The summed E-state index contributed by atoms with van der Waals surface area (Å²) in [5.74, 6) is 1.28. The van der Waals surface area contributed by atoms with E-state index in [0.717, 1.165) is 79.1 Å². The second-order valence-corrected chi connectivity index (χ2v) is 15.2. The summed E-state index contributed by atoms with van der Waals surface area (Å²) in [6, 6.07) is 8.49. The maximum absolute atomic E-state index is 14.6. The lowest BCUT2D eigenvalue weighted by Gasteiger charge is -2.57. The summed E-state index contributed by atoms with van der Waals surface area (Å²) in [5.41, 5.74) is 11.5. The molecule has 4 aliphatic heterocycles. The predicted molar refractivity (Wildman–Crippen MR) is 178 cm³/mol. The number of hydrogen-bond acceptors (Lipinski definition) is 10. The number of nitrogens with zero attached hydrogens (tertiary/aromatic N) is 8. The molecule has 2 bridgehead atoms. The van der Waals surface area contributed by atoms with Gasteiger partial charge in [-0.05, 0) is 68.2 Å². The van der Waals surface area contributed by atoms with Gasteiger partial charge in [-0.25, -0.2) is 4.39 Å². The molecule has 0 radical (unpaired) electrons. The second-order valence-electron chi connectivity index (χ2n) is 15.2. The highest BCUT2D eigenvalue weighted by Crippen LogP contribution is 2.62. The Hall–Kier alpha value is -4.28. The van der Waals surface area contributed by atoms with Crippen molar-refractivity contribution < 1.29 is 18.7 Å². The molecule has 12 nitrogen and oxygen atoms in total. The van der Waals surface area contributed by atoms with E-state index in [9.17, 15) is 14.4 Å². The van der Waals surface area contributed by atoms with E-state index in [1.165, 1.54) is 4.90 Å². The molecule has 10 rings (SSSR count). The number of aryl methyl sites for hydroxylation is 1. The van der Waals surface area contributed by atoms with E-state index in [1.807, 2.05) is 16.8 Å². The number of carbonyl (C=O) groups is 1. The third-order valence-corrected chi connectivity index (χ3v) is 12.2. The second kappa shape index (κ2) is 11.1. The van der Waals surface area contributed by atoms with Crippen LogP contribution in [0.25, 0.3) is 0 Å². The van der Waals surface area contributed by atoms with Gasteiger partial charge in [0.05, 0.1) is 35.6 Å². The Bertz CT molecular complexity index is 1900. The first-order valence-electron chi connectivity index (χ1n) is 17.6. The first kappa shape index (κ1) is 30.8. The highest BCUT2D eigenvalue weighted by molar-refractivity contribution is 5.92. The molecule has 0 unspecified atom stereocenters. The average molecular weight is 668 g/mol. The SMILES string of the molecule is CN(C)C(=O)c1cc2n(n1)CCCN(c1nc(OC[C@@]34CCCN3C[C@H](F)C4)nc3c1CO[C@@]1(C3)c3c(ccc(N)c3C#N)C3CC1C3)C2. The number of hydrogen-bond donors (Lipinski definition) is 1. The first-order chi connectivity index (χ1) is 23.7. The Kier molecular flexibility index (Phi) is 6.98. The van der Waals surface area contributed by atoms with Crippen molar-refractivity contribution in [2.24, 2.45) is 5.92 Å². The minimum atomic E-state index is -0.855. The Morgan fingerprint density at radius 1 is 1.22 bits per heavy atom. The largest absolute Gasteiger partial charge is 0.461 e. The Labute approximate surface area is 285 Å². The van der Waals surface area contributed by atoms with Crippen molar-refractivity contribution in [3.8, 4) is 12.1 Å². The average Bonchev–Trinajstić information content (AvgIpc) is 3.69. The Balaban J connectivity index is 1.12. The molecule has 3 atom stereocenters. The van der Waals surface area contributed by atoms with Crippen LogP contribution in [0.2, 0.25) is 0 Å². The molecule has 13 heteroatoms. The molecule has 1 saturated carbocycles. The van der Waals surface area contributed by atoms with Crippen LogP contribution in [-0.4, -0.2) is 87.5 Å². The van der Waals surface area contributed by atoms with Gasteiger partial charge in [0.2, 0.25) is 0 Å². The Morgan fingerprint density at radius 3 is 2.90 bits per heavy atom. The van der Waals surface area contributed by atoms with Crippen molar-refractivity contribution in [2.45, 2.75) is 87.9 Å². The third-order valence-electron chi connectivity index (χ3n) is 12.2. The molecule has 1 spiro atoms. The van der Waals surface area contributed by atoms with Crippen LogP contribution < -0.4 is 15.4 Å². The summed E-state index contributed by atoms with van der Waals surface area (Å²) in [6.07, 6.45) is 4.82. The number of ether oxygens (including phenoxy) is 2. The fourth-order valence-electron chi connectivity index (χ4n) is 9.67. The van der Waals surface area contributed by atoms with Gasteiger partial charge in [0.25, 0.3) is 5.91 Å². The summed E-state index contributed by atoms with van der Waals surface area (Å²) in [7, 11) is 3.46. The van der Waals surface area contributed by atoms with Crippen LogP contribution >= 0.6 is 0 Å². The van der Waals surface area contributed by atoms with Gasteiger partial charge in [-0.3, -0.25) is 14.4 Å². The normalized spacial score (nSPS) is 29.7. The van der Waals surface area contributed by atoms with Crippen LogP contribution in [0.3, 0.4) is 0 Å². The fourth-order valence-corrected chi connectivity index (χ4v) is 9.67. The van der Waals surface area contributed by atoms with Crippen LogP contribution in [0, 0.1) is 17.2 Å². The van der Waals surface area contributed by atoms with E-state index in [-0.39, 0.29) is 30.0 Å². The number of nitriles is 1. The minimum absolute atomic E-state index is 0.132. The summed E-state index contributed by atoms with van der Waals surface area (Å²) in [6.45, 7) is 3.86. The molecule has 3 aromatic rings. The van der Waals surface area contributed by atoms with E-state index in [1.54, 1.807) is 14.1 Å². The number of amides is 1. The number of nitrogens with two attached hydrogens (primary N) is 1. The molecule has 6 heterocycles. The molecule has 2 aromatic heterocycles. The van der Waals surface area contributed by atoms with Crippen LogP contribution in [0.15, 0.2) is 18.2 Å². The van der Waals surface area contributed by atoms with Crippen LogP contribution in [-0.2, 0) is 36.5 Å². The minimum Gasteiger partial charge on any atom is -0.461 e. The highest BCUT2D eigenvalue weighted by atomic mass is 19.1. The lowest BCUT2D eigenvalue weighted by Crippen LogP contribution is -2.53. The van der Waals surface area contributed by atoms with Crippen molar-refractivity contribution in [2.75, 3.05) is 51.0 Å². The number of anilines is 2. The maximum Gasteiger partial charge on any atom is 0.318 e. The summed E-state index contributed by atoms with van der Waals surface area (Å²) >= 11 is 0. The first-order valence-corrected chi connectivity index (χ1v) is 17.6. The van der Waals surface area contributed by atoms with Gasteiger partial charge in [0, 0.05) is 63.4 Å². The molecule has 2 N–H and O–H groups in total. The van der Waals surface area contributed by atoms with Crippen molar-refractivity contribution in [1.82, 2.24) is 29.5 Å². The lowest BCUT2D eigenvalue weighted by atomic mass is 9.53. The molecule has 7 aliphatic rings. The molecule has 3 aliphatic carbocycles. The van der Waals surface area contributed by atoms with E-state index in [4.69, 9.17) is 25.2 Å². The number of benzene rings is 1. The number of alkyl halides is 1. The van der Waals surface area contributed by atoms with Gasteiger partial charge < -0.3 is 25.0 Å². The van der Waals surface area contributed by atoms with Crippen molar-refractivity contribution in [1.29, 1.82) is 5.26 Å². The summed E-state index contributed by atoms with van der Waals surface area (Å²) < 4.78 is 30.1. The number of carbonyl (C=O) groups excluding carboxylic acids is 1. The molecular weight excluding hydrogens is 625 g/mol. The van der Waals surface area contributed by atoms with Gasteiger partial charge in [0.15, 0.2) is 5.69 Å². The van der Waals surface area contributed by atoms with E-state index in [2.05, 4.69) is 27.0 Å². The molecule has 49 heavy (non-hydrogen) atoms. The molecule has 256 valence electrons. The standard InChI is InChI=1S/C36H42FN9O3/c1-43(2)33(47)29-13-24-18-44(8-4-10-46(24)42-29)32-27-19-49-36(22-11-21(12-22)25-5-6-28(39)26(16-38)31(25)36)15-30(27)40-34(41-32)48-20-35-7-3-9-45(35)17-23(37)14-35/h5-6,13,21-23H,3-4,7-12,14-15,17-20,39H2,1-2H3/t21?,22?,23-,35+,36-/m1/s1. The van der Waals surface area contributed by atoms with Gasteiger partial charge in [-0.1, -0.05) is 6.07 Å². The van der Waals surface area contributed by atoms with Crippen molar-refractivity contribution in [3.05, 3.63) is 57.5 Å². The number of fused-ring (bicyclic) bond motifs is 3. The molecule has 2 saturated heterocycles. The zero-order valence-corrected chi connectivity index (χ0v) is 28.1. The molecule has 1 amide bonds. The van der Waals surface area contributed by atoms with Gasteiger partial charge in [0.1, 0.15) is 30.3 Å². The third kappa shape index (κ3) is 4.66. The van der Waals surface area contributed by atoms with Gasteiger partial charge in [-0.2, -0.15) is 20.3 Å². The van der Waals surface area contributed by atoms with Crippen LogP contribution in [0.1, 0.15) is 88.6 Å². The monoisotopic (exact) mass is 667 g/mol. The van der Waals surface area contributed by atoms with E-state index < -0.39 is 11.8 Å². The number of rotatable bonds is 5.